The molecule has 0 aromatic heterocycles. The highest BCUT2D eigenvalue weighted by Gasteiger charge is 2.18. The molecule has 1 aliphatic rings. The van der Waals surface area contributed by atoms with Crippen LogP contribution >= 0.6 is 24.0 Å². The molecule has 1 rings (SSSR count). The number of hydrogen-bond acceptors (Lipinski definition) is 1. The van der Waals surface area contributed by atoms with Crippen molar-refractivity contribution in [2.45, 2.75) is 37.1 Å². The minimum Gasteiger partial charge on any atom is -0.326 e. The van der Waals surface area contributed by atoms with Crippen LogP contribution in [-0.2, 0) is 0 Å². The van der Waals surface area contributed by atoms with E-state index in [1.54, 1.807) is 0 Å². The Hall–Kier alpha value is 0.540. The van der Waals surface area contributed by atoms with Gasteiger partial charge in [-0.05, 0) is 12.8 Å². The lowest BCUT2D eigenvalue weighted by molar-refractivity contribution is 0.448. The first-order valence-corrected chi connectivity index (χ1v) is 3.64. The van der Waals surface area contributed by atoms with E-state index >= 15 is 0 Å². The van der Waals surface area contributed by atoms with Gasteiger partial charge in [-0.1, -0.05) is 12.8 Å². The molecule has 1 nitrogen and oxygen atoms in total. The molecular formula is C6H13Cl2N. The second-order valence-electron chi connectivity index (χ2n) is 2.46. The fourth-order valence-corrected chi connectivity index (χ4v) is 1.39. The number of halogens is 2. The first-order valence-electron chi connectivity index (χ1n) is 3.20. The molecule has 0 heterocycles. The van der Waals surface area contributed by atoms with Crippen molar-refractivity contribution < 1.29 is 0 Å². The van der Waals surface area contributed by atoms with Crippen molar-refractivity contribution in [3.8, 4) is 0 Å². The molecule has 0 radical (unpaired) electrons. The summed E-state index contributed by atoms with van der Waals surface area (Å²) < 4.78 is 0. The molecule has 0 aromatic rings. The number of hydrogen-bond donors (Lipinski definition) is 1. The molecule has 3 heteroatoms. The van der Waals surface area contributed by atoms with E-state index in [0.717, 1.165) is 12.8 Å². The van der Waals surface area contributed by atoms with Crippen molar-refractivity contribution in [1.29, 1.82) is 0 Å². The summed E-state index contributed by atoms with van der Waals surface area (Å²) in [7, 11) is 0. The summed E-state index contributed by atoms with van der Waals surface area (Å²) in [5, 5.41) is 0.253. The molecule has 0 amide bonds. The van der Waals surface area contributed by atoms with Crippen molar-refractivity contribution in [2.24, 2.45) is 5.73 Å². The maximum absolute atomic E-state index is 5.84. The van der Waals surface area contributed by atoms with E-state index < -0.39 is 0 Å². The fraction of sp³-hybridized carbons (Fsp3) is 1.00. The predicted octanol–water partition coefficient (Wildman–Crippen LogP) is 1.92. The Morgan fingerprint density at radius 3 is 2.11 bits per heavy atom. The monoisotopic (exact) mass is 169 g/mol. The molecule has 1 fully saturated rings. The van der Waals surface area contributed by atoms with Gasteiger partial charge in [0.1, 0.15) is 0 Å². The van der Waals surface area contributed by atoms with Gasteiger partial charge < -0.3 is 5.73 Å². The Labute approximate surface area is 67.4 Å². The molecule has 2 N–H and O–H groups in total. The third-order valence-electron chi connectivity index (χ3n) is 1.73. The molecule has 0 aromatic carbocycles. The van der Waals surface area contributed by atoms with Crippen molar-refractivity contribution >= 4 is 24.0 Å². The Morgan fingerprint density at radius 2 is 1.78 bits per heavy atom. The highest BCUT2D eigenvalue weighted by molar-refractivity contribution is 6.21. The van der Waals surface area contributed by atoms with Crippen molar-refractivity contribution in [1.82, 2.24) is 0 Å². The van der Waals surface area contributed by atoms with E-state index in [2.05, 4.69) is 0 Å². The van der Waals surface area contributed by atoms with Crippen LogP contribution in [0, 0.1) is 0 Å². The predicted molar refractivity (Wildman–Crippen MR) is 43.3 cm³/mol. The summed E-state index contributed by atoms with van der Waals surface area (Å²) in [6.07, 6.45) is 4.77. The van der Waals surface area contributed by atoms with Crippen LogP contribution in [0.1, 0.15) is 25.7 Å². The zero-order valence-electron chi connectivity index (χ0n) is 5.35. The van der Waals surface area contributed by atoms with Gasteiger partial charge >= 0.3 is 0 Å². The second kappa shape index (κ2) is 4.37. The Bertz CT molecular complexity index is 67.5. The number of nitrogens with two attached hydrogens (primary N) is 1. The van der Waals surface area contributed by atoms with E-state index in [1.807, 2.05) is 0 Å². The third kappa shape index (κ3) is 2.74. The number of rotatable bonds is 0. The average Bonchev–Trinajstić information content (AvgIpc) is 1.77. The van der Waals surface area contributed by atoms with E-state index in [4.69, 9.17) is 17.3 Å². The van der Waals surface area contributed by atoms with Crippen LogP contribution in [0.4, 0.5) is 0 Å². The maximum atomic E-state index is 5.84. The minimum atomic E-state index is 0. The van der Waals surface area contributed by atoms with Crippen LogP contribution in [0.3, 0.4) is 0 Å². The molecule has 0 saturated heterocycles. The van der Waals surface area contributed by atoms with Gasteiger partial charge in [0.15, 0.2) is 0 Å². The fourth-order valence-electron chi connectivity index (χ4n) is 1.11. The van der Waals surface area contributed by atoms with Crippen molar-refractivity contribution in [3.05, 3.63) is 0 Å². The number of alkyl halides is 1. The lowest BCUT2D eigenvalue weighted by Crippen LogP contribution is -2.33. The van der Waals surface area contributed by atoms with Crippen LogP contribution in [0.15, 0.2) is 0 Å². The maximum Gasteiger partial charge on any atom is 0.0487 e. The molecule has 56 valence electrons. The lowest BCUT2D eigenvalue weighted by atomic mass is 9.96. The summed E-state index contributed by atoms with van der Waals surface area (Å²) in [6.45, 7) is 0. The SMILES string of the molecule is Cl.NC1CCCCC1Cl. The molecule has 1 aliphatic carbocycles. The Balaban J connectivity index is 0.000000640. The van der Waals surface area contributed by atoms with Crippen molar-refractivity contribution in [3.63, 3.8) is 0 Å². The molecular weight excluding hydrogens is 157 g/mol. The second-order valence-corrected chi connectivity index (χ2v) is 3.02. The van der Waals surface area contributed by atoms with Gasteiger partial charge in [0.25, 0.3) is 0 Å². The van der Waals surface area contributed by atoms with Gasteiger partial charge in [-0.2, -0.15) is 0 Å². The highest BCUT2D eigenvalue weighted by atomic mass is 35.5. The molecule has 0 bridgehead atoms. The summed E-state index contributed by atoms with van der Waals surface area (Å²) >= 11 is 5.84. The van der Waals surface area contributed by atoms with Crippen LogP contribution in [0.2, 0.25) is 0 Å². The van der Waals surface area contributed by atoms with E-state index in [9.17, 15) is 0 Å². The normalized spacial score (nSPS) is 35.3. The molecule has 9 heavy (non-hydrogen) atoms. The first-order chi connectivity index (χ1) is 3.80. The van der Waals surface area contributed by atoms with Gasteiger partial charge in [0, 0.05) is 11.4 Å². The molecule has 0 aliphatic heterocycles. The van der Waals surface area contributed by atoms with Crippen LogP contribution in [0.25, 0.3) is 0 Å². The standard InChI is InChI=1S/C6H12ClN.ClH/c7-5-3-1-2-4-6(5)8;/h5-6H,1-4,8H2;1H. The molecule has 2 unspecified atom stereocenters. The summed E-state index contributed by atoms with van der Waals surface area (Å²) in [4.78, 5) is 0. The minimum absolute atomic E-state index is 0. The summed E-state index contributed by atoms with van der Waals surface area (Å²) in [5.74, 6) is 0. The zero-order chi connectivity index (χ0) is 5.98. The Morgan fingerprint density at radius 1 is 1.22 bits per heavy atom. The largest absolute Gasteiger partial charge is 0.326 e. The molecule has 1 saturated carbocycles. The highest BCUT2D eigenvalue weighted by Crippen LogP contribution is 2.20. The van der Waals surface area contributed by atoms with Gasteiger partial charge in [-0.15, -0.1) is 24.0 Å². The van der Waals surface area contributed by atoms with Crippen LogP contribution < -0.4 is 5.73 Å². The van der Waals surface area contributed by atoms with Gasteiger partial charge in [-0.25, -0.2) is 0 Å². The van der Waals surface area contributed by atoms with Crippen LogP contribution in [-0.4, -0.2) is 11.4 Å². The smallest absolute Gasteiger partial charge is 0.0487 e. The zero-order valence-corrected chi connectivity index (χ0v) is 6.92. The van der Waals surface area contributed by atoms with Crippen molar-refractivity contribution in [2.75, 3.05) is 0 Å². The van der Waals surface area contributed by atoms with E-state index in [1.165, 1.54) is 12.8 Å². The van der Waals surface area contributed by atoms with Gasteiger partial charge in [0.2, 0.25) is 0 Å². The van der Waals surface area contributed by atoms with E-state index in [-0.39, 0.29) is 23.8 Å². The van der Waals surface area contributed by atoms with E-state index in [0.29, 0.717) is 0 Å². The third-order valence-corrected chi connectivity index (χ3v) is 2.27. The summed E-state index contributed by atoms with van der Waals surface area (Å²) in [5.41, 5.74) is 5.65. The first kappa shape index (κ1) is 9.54. The van der Waals surface area contributed by atoms with Crippen LogP contribution in [0.5, 0.6) is 0 Å². The lowest BCUT2D eigenvalue weighted by Gasteiger charge is -2.22. The average molecular weight is 170 g/mol. The van der Waals surface area contributed by atoms with Gasteiger partial charge in [-0.3, -0.25) is 0 Å². The molecule has 0 spiro atoms. The topological polar surface area (TPSA) is 26.0 Å². The molecule has 2 atom stereocenters. The quantitative estimate of drug-likeness (QED) is 0.552. The summed E-state index contributed by atoms with van der Waals surface area (Å²) in [6, 6.07) is 0.269. The van der Waals surface area contributed by atoms with Gasteiger partial charge in [0.05, 0.1) is 0 Å². The Kier molecular flexibility index (Phi) is 4.63.